The molecule has 1 fully saturated rings. The van der Waals surface area contributed by atoms with Crippen LogP contribution in [0.4, 0.5) is 0 Å². The van der Waals surface area contributed by atoms with Crippen LogP contribution in [0.1, 0.15) is 29.9 Å². The molecule has 0 saturated carbocycles. The minimum absolute atomic E-state index is 0.397. The van der Waals surface area contributed by atoms with Gasteiger partial charge in [-0.1, -0.05) is 42.5 Å². The van der Waals surface area contributed by atoms with Gasteiger partial charge in [0.15, 0.2) is 0 Å². The van der Waals surface area contributed by atoms with Gasteiger partial charge in [-0.15, -0.1) is 0 Å². The lowest BCUT2D eigenvalue weighted by Crippen LogP contribution is -2.29. The van der Waals surface area contributed by atoms with Crippen LogP contribution in [0.3, 0.4) is 0 Å². The molecule has 2 aromatic rings. The molecule has 1 aliphatic rings. The standard InChI is InChI=1S/C18H21NO/c1-20-16-10-5-9-15(13-16)18(17-11-6-12-19-17)14-7-3-2-4-8-14/h2-5,7-10,13,17-19H,6,11-12H2,1H3/t17-,18+/m1/s1. The smallest absolute Gasteiger partial charge is 0.119 e. The van der Waals surface area contributed by atoms with Gasteiger partial charge < -0.3 is 10.1 Å². The highest BCUT2D eigenvalue weighted by atomic mass is 16.5. The third-order valence-electron chi connectivity index (χ3n) is 4.11. The van der Waals surface area contributed by atoms with Crippen molar-refractivity contribution < 1.29 is 4.74 Å². The number of benzene rings is 2. The van der Waals surface area contributed by atoms with Crippen LogP contribution in [0, 0.1) is 0 Å². The SMILES string of the molecule is COc1cccc([C@H](c2ccccc2)[C@H]2CCCN2)c1. The van der Waals surface area contributed by atoms with Crippen LogP contribution < -0.4 is 10.1 Å². The Morgan fingerprint density at radius 2 is 1.85 bits per heavy atom. The van der Waals surface area contributed by atoms with Crippen LogP contribution in [0.25, 0.3) is 0 Å². The predicted octanol–water partition coefficient (Wildman–Crippen LogP) is 3.58. The fraction of sp³-hybridized carbons (Fsp3) is 0.333. The van der Waals surface area contributed by atoms with Crippen LogP contribution in [0.15, 0.2) is 54.6 Å². The zero-order valence-electron chi connectivity index (χ0n) is 11.9. The first-order valence-electron chi connectivity index (χ1n) is 7.31. The molecule has 2 atom stereocenters. The van der Waals surface area contributed by atoms with Crippen LogP contribution in [0.2, 0.25) is 0 Å². The maximum absolute atomic E-state index is 5.38. The molecular weight excluding hydrogens is 246 g/mol. The van der Waals surface area contributed by atoms with E-state index >= 15 is 0 Å². The van der Waals surface area contributed by atoms with Crippen LogP contribution >= 0.6 is 0 Å². The largest absolute Gasteiger partial charge is 0.497 e. The van der Waals surface area contributed by atoms with E-state index in [1.54, 1.807) is 7.11 Å². The van der Waals surface area contributed by atoms with Gasteiger partial charge in [-0.3, -0.25) is 0 Å². The average molecular weight is 267 g/mol. The highest BCUT2D eigenvalue weighted by molar-refractivity contribution is 5.38. The number of hydrogen-bond donors (Lipinski definition) is 1. The molecular formula is C18H21NO. The molecule has 0 bridgehead atoms. The molecule has 0 radical (unpaired) electrons. The van der Waals surface area contributed by atoms with Crippen molar-refractivity contribution in [2.45, 2.75) is 24.8 Å². The van der Waals surface area contributed by atoms with Crippen molar-refractivity contribution in [3.05, 3.63) is 65.7 Å². The molecule has 0 spiro atoms. The Bertz CT molecular complexity index is 546. The van der Waals surface area contributed by atoms with Crippen LogP contribution in [-0.2, 0) is 0 Å². The highest BCUT2D eigenvalue weighted by Crippen LogP contribution is 2.33. The second-order valence-corrected chi connectivity index (χ2v) is 5.37. The Morgan fingerprint density at radius 3 is 2.55 bits per heavy atom. The molecule has 1 N–H and O–H groups in total. The summed E-state index contributed by atoms with van der Waals surface area (Å²) in [4.78, 5) is 0. The number of methoxy groups -OCH3 is 1. The minimum Gasteiger partial charge on any atom is -0.497 e. The molecule has 0 aromatic heterocycles. The molecule has 2 nitrogen and oxygen atoms in total. The highest BCUT2D eigenvalue weighted by Gasteiger charge is 2.27. The quantitative estimate of drug-likeness (QED) is 0.914. The monoisotopic (exact) mass is 267 g/mol. The number of rotatable bonds is 4. The first-order chi connectivity index (χ1) is 9.88. The topological polar surface area (TPSA) is 21.3 Å². The number of ether oxygens (including phenoxy) is 1. The van der Waals surface area contributed by atoms with E-state index in [1.165, 1.54) is 24.0 Å². The molecule has 0 aliphatic carbocycles. The van der Waals surface area contributed by atoms with Gasteiger partial charge in [-0.2, -0.15) is 0 Å². The molecule has 1 heterocycles. The third kappa shape index (κ3) is 2.70. The summed E-state index contributed by atoms with van der Waals surface area (Å²) in [7, 11) is 1.73. The molecule has 20 heavy (non-hydrogen) atoms. The second-order valence-electron chi connectivity index (χ2n) is 5.37. The Morgan fingerprint density at radius 1 is 1.05 bits per heavy atom. The number of hydrogen-bond acceptors (Lipinski definition) is 2. The van der Waals surface area contributed by atoms with Crippen molar-refractivity contribution >= 4 is 0 Å². The van der Waals surface area contributed by atoms with Gasteiger partial charge in [0.25, 0.3) is 0 Å². The summed E-state index contributed by atoms with van der Waals surface area (Å²) < 4.78 is 5.38. The van der Waals surface area contributed by atoms with Gasteiger partial charge in [-0.25, -0.2) is 0 Å². The third-order valence-corrected chi connectivity index (χ3v) is 4.11. The predicted molar refractivity (Wildman–Crippen MR) is 82.3 cm³/mol. The lowest BCUT2D eigenvalue weighted by atomic mass is 9.84. The van der Waals surface area contributed by atoms with Gasteiger partial charge in [0.1, 0.15) is 5.75 Å². The van der Waals surface area contributed by atoms with E-state index in [9.17, 15) is 0 Å². The molecule has 2 aromatic carbocycles. The summed E-state index contributed by atoms with van der Waals surface area (Å²) >= 11 is 0. The van der Waals surface area contributed by atoms with Crippen molar-refractivity contribution in [2.75, 3.05) is 13.7 Å². The van der Waals surface area contributed by atoms with Crippen LogP contribution in [0.5, 0.6) is 5.75 Å². The zero-order chi connectivity index (χ0) is 13.8. The molecule has 0 amide bonds. The summed E-state index contributed by atoms with van der Waals surface area (Å²) in [5.74, 6) is 1.33. The van der Waals surface area contributed by atoms with E-state index in [4.69, 9.17) is 4.74 Å². The molecule has 3 rings (SSSR count). The van der Waals surface area contributed by atoms with E-state index in [2.05, 4.69) is 53.8 Å². The van der Waals surface area contributed by atoms with E-state index < -0.39 is 0 Å². The molecule has 104 valence electrons. The molecule has 0 unspecified atom stereocenters. The normalized spacial score (nSPS) is 19.8. The van der Waals surface area contributed by atoms with E-state index in [0.29, 0.717) is 12.0 Å². The second kappa shape index (κ2) is 6.10. The lowest BCUT2D eigenvalue weighted by molar-refractivity contribution is 0.413. The van der Waals surface area contributed by atoms with E-state index in [1.807, 2.05) is 6.07 Å². The lowest BCUT2D eigenvalue weighted by Gasteiger charge is -2.25. The number of nitrogens with one attached hydrogen (secondary N) is 1. The first-order valence-corrected chi connectivity index (χ1v) is 7.31. The Hall–Kier alpha value is -1.80. The van der Waals surface area contributed by atoms with E-state index in [-0.39, 0.29) is 0 Å². The Labute approximate surface area is 120 Å². The fourth-order valence-corrected chi connectivity index (χ4v) is 3.15. The average Bonchev–Trinajstić information content (AvgIpc) is 3.03. The van der Waals surface area contributed by atoms with Gasteiger partial charge >= 0.3 is 0 Å². The van der Waals surface area contributed by atoms with Crippen molar-refractivity contribution in [2.24, 2.45) is 0 Å². The zero-order valence-corrected chi connectivity index (χ0v) is 11.9. The molecule has 2 heteroatoms. The summed E-state index contributed by atoms with van der Waals surface area (Å²) in [5, 5.41) is 3.65. The van der Waals surface area contributed by atoms with Gasteiger partial charge in [0, 0.05) is 12.0 Å². The Kier molecular flexibility index (Phi) is 4.03. The van der Waals surface area contributed by atoms with Crippen molar-refractivity contribution in [3.8, 4) is 5.75 Å². The minimum atomic E-state index is 0.397. The van der Waals surface area contributed by atoms with E-state index in [0.717, 1.165) is 12.3 Å². The summed E-state index contributed by atoms with van der Waals surface area (Å²) in [6, 6.07) is 19.8. The molecule has 1 aliphatic heterocycles. The van der Waals surface area contributed by atoms with Gasteiger partial charge in [0.05, 0.1) is 7.11 Å². The summed E-state index contributed by atoms with van der Waals surface area (Å²) in [6.07, 6.45) is 2.49. The maximum atomic E-state index is 5.38. The van der Waals surface area contributed by atoms with Gasteiger partial charge in [-0.05, 0) is 42.6 Å². The summed E-state index contributed by atoms with van der Waals surface area (Å²) in [6.45, 7) is 1.12. The van der Waals surface area contributed by atoms with Crippen LogP contribution in [-0.4, -0.2) is 19.7 Å². The van der Waals surface area contributed by atoms with Crippen molar-refractivity contribution in [1.82, 2.24) is 5.32 Å². The Balaban J connectivity index is 2.00. The maximum Gasteiger partial charge on any atom is 0.119 e. The van der Waals surface area contributed by atoms with Crippen molar-refractivity contribution in [3.63, 3.8) is 0 Å². The summed E-state index contributed by atoms with van der Waals surface area (Å²) in [5.41, 5.74) is 2.70. The first kappa shape index (κ1) is 13.2. The molecule has 1 saturated heterocycles. The van der Waals surface area contributed by atoms with Gasteiger partial charge in [0.2, 0.25) is 0 Å². The fourth-order valence-electron chi connectivity index (χ4n) is 3.15. The van der Waals surface area contributed by atoms with Crippen molar-refractivity contribution in [1.29, 1.82) is 0 Å².